The molecule has 19 heavy (non-hydrogen) atoms. The average Bonchev–Trinajstić information content (AvgIpc) is 2.69. The summed E-state index contributed by atoms with van der Waals surface area (Å²) in [6.45, 7) is 1.96. The third-order valence-electron chi connectivity index (χ3n) is 3.05. The lowest BCUT2D eigenvalue weighted by molar-refractivity contribution is -0.110. The molecule has 1 aliphatic rings. The van der Waals surface area contributed by atoms with E-state index in [1.807, 2.05) is 31.2 Å². The van der Waals surface area contributed by atoms with E-state index in [2.05, 4.69) is 10.3 Å². The molecule has 0 unspecified atom stereocenters. The summed E-state index contributed by atoms with van der Waals surface area (Å²) in [4.78, 5) is 16.4. The van der Waals surface area contributed by atoms with Crippen LogP contribution >= 0.6 is 11.6 Å². The molecule has 0 aromatic heterocycles. The monoisotopic (exact) mass is 270 g/mol. The van der Waals surface area contributed by atoms with E-state index in [0.717, 1.165) is 22.5 Å². The molecule has 1 amide bonds. The fraction of sp³-hybridized carbons (Fsp3) is 0.0667. The minimum absolute atomic E-state index is 0.194. The molecule has 3 nitrogen and oxygen atoms in total. The molecule has 2 aromatic carbocycles. The number of amides is 1. The quantitative estimate of drug-likeness (QED) is 0.843. The van der Waals surface area contributed by atoms with E-state index in [-0.39, 0.29) is 5.91 Å². The first-order valence-electron chi connectivity index (χ1n) is 5.91. The first-order valence-corrected chi connectivity index (χ1v) is 6.28. The predicted octanol–water partition coefficient (Wildman–Crippen LogP) is 3.72. The fourth-order valence-corrected chi connectivity index (χ4v) is 2.22. The standard InChI is InChI=1S/C15H11ClN2O/c1-9-4-2-3-5-12(9)17-14-11-8-10(16)6-7-13(11)18-15(14)19/h2-8H,1H3,(H,17,18,19). The Labute approximate surface area is 115 Å². The zero-order valence-electron chi connectivity index (χ0n) is 10.3. The number of carbonyl (C=O) groups excluding carboxylic acids is 1. The van der Waals surface area contributed by atoms with E-state index in [9.17, 15) is 4.79 Å². The lowest BCUT2D eigenvalue weighted by Gasteiger charge is -2.01. The van der Waals surface area contributed by atoms with Crippen molar-refractivity contribution in [2.75, 3.05) is 5.32 Å². The number of hydrogen-bond donors (Lipinski definition) is 1. The van der Waals surface area contributed by atoms with Crippen molar-refractivity contribution in [1.29, 1.82) is 0 Å². The van der Waals surface area contributed by atoms with Gasteiger partial charge >= 0.3 is 0 Å². The minimum atomic E-state index is -0.194. The molecule has 0 fully saturated rings. The normalized spacial score (nSPS) is 15.5. The molecule has 1 heterocycles. The van der Waals surface area contributed by atoms with Crippen molar-refractivity contribution in [3.05, 3.63) is 58.6 Å². The first-order chi connectivity index (χ1) is 9.15. The SMILES string of the molecule is Cc1ccccc1N=C1C(=O)Nc2ccc(Cl)cc21. The van der Waals surface area contributed by atoms with Crippen LogP contribution in [0.3, 0.4) is 0 Å². The maximum absolute atomic E-state index is 12.0. The summed E-state index contributed by atoms with van der Waals surface area (Å²) in [6.07, 6.45) is 0. The van der Waals surface area contributed by atoms with Gasteiger partial charge in [-0.2, -0.15) is 0 Å². The highest BCUT2D eigenvalue weighted by Crippen LogP contribution is 2.29. The average molecular weight is 271 g/mol. The summed E-state index contributed by atoms with van der Waals surface area (Å²) in [5, 5.41) is 3.38. The summed E-state index contributed by atoms with van der Waals surface area (Å²) in [7, 11) is 0. The second kappa shape index (κ2) is 4.52. The minimum Gasteiger partial charge on any atom is -0.320 e. The number of nitrogens with one attached hydrogen (secondary N) is 1. The van der Waals surface area contributed by atoms with Crippen LogP contribution in [-0.2, 0) is 4.79 Å². The zero-order valence-corrected chi connectivity index (χ0v) is 11.0. The van der Waals surface area contributed by atoms with Crippen LogP contribution in [0.5, 0.6) is 0 Å². The molecule has 0 spiro atoms. The van der Waals surface area contributed by atoms with Gasteiger partial charge in [-0.15, -0.1) is 0 Å². The van der Waals surface area contributed by atoms with Gasteiger partial charge in [0.15, 0.2) is 0 Å². The molecule has 1 N–H and O–H groups in total. The topological polar surface area (TPSA) is 41.5 Å². The van der Waals surface area contributed by atoms with Crippen LogP contribution in [0, 0.1) is 6.92 Å². The third-order valence-corrected chi connectivity index (χ3v) is 3.28. The molecular weight excluding hydrogens is 260 g/mol. The summed E-state index contributed by atoms with van der Waals surface area (Å²) in [6, 6.07) is 13.0. The van der Waals surface area contributed by atoms with Gasteiger partial charge in [-0.25, -0.2) is 4.99 Å². The molecule has 0 radical (unpaired) electrons. The van der Waals surface area contributed by atoms with E-state index < -0.39 is 0 Å². The molecule has 1 aliphatic heterocycles. The Morgan fingerprint density at radius 2 is 1.95 bits per heavy atom. The highest BCUT2D eigenvalue weighted by molar-refractivity contribution is 6.54. The van der Waals surface area contributed by atoms with Gasteiger partial charge < -0.3 is 5.32 Å². The van der Waals surface area contributed by atoms with Crippen LogP contribution in [-0.4, -0.2) is 11.6 Å². The predicted molar refractivity (Wildman–Crippen MR) is 77.5 cm³/mol. The van der Waals surface area contributed by atoms with Crippen LogP contribution in [0.25, 0.3) is 0 Å². The summed E-state index contributed by atoms with van der Waals surface area (Å²) in [5.41, 5.74) is 3.73. The lowest BCUT2D eigenvalue weighted by Crippen LogP contribution is -2.14. The number of anilines is 1. The van der Waals surface area contributed by atoms with E-state index in [1.54, 1.807) is 18.2 Å². The second-order valence-electron chi connectivity index (χ2n) is 4.39. The maximum atomic E-state index is 12.0. The number of hydrogen-bond acceptors (Lipinski definition) is 2. The third kappa shape index (κ3) is 2.13. The molecule has 2 aromatic rings. The molecule has 0 bridgehead atoms. The molecule has 4 heteroatoms. The number of nitrogens with zero attached hydrogens (tertiary/aromatic N) is 1. The van der Waals surface area contributed by atoms with Crippen molar-refractivity contribution in [3.8, 4) is 0 Å². The number of aryl methyl sites for hydroxylation is 1. The van der Waals surface area contributed by atoms with E-state index >= 15 is 0 Å². The molecule has 0 saturated heterocycles. The largest absolute Gasteiger partial charge is 0.320 e. The van der Waals surface area contributed by atoms with Crippen LogP contribution in [0.2, 0.25) is 5.02 Å². The molecule has 3 rings (SSSR count). The van der Waals surface area contributed by atoms with E-state index in [0.29, 0.717) is 10.7 Å². The molecular formula is C15H11ClN2O. The van der Waals surface area contributed by atoms with Gasteiger partial charge in [-0.3, -0.25) is 4.79 Å². The zero-order chi connectivity index (χ0) is 13.4. The Kier molecular flexibility index (Phi) is 2.84. The van der Waals surface area contributed by atoms with Crippen molar-refractivity contribution in [2.45, 2.75) is 6.92 Å². The van der Waals surface area contributed by atoms with Crippen molar-refractivity contribution in [3.63, 3.8) is 0 Å². The van der Waals surface area contributed by atoms with Gasteiger partial charge in [0, 0.05) is 10.6 Å². The Morgan fingerprint density at radius 1 is 1.16 bits per heavy atom. The number of aliphatic imine (C=N–C) groups is 1. The van der Waals surface area contributed by atoms with Crippen molar-refractivity contribution >= 4 is 34.6 Å². The number of rotatable bonds is 1. The fourth-order valence-electron chi connectivity index (χ4n) is 2.05. The smallest absolute Gasteiger partial charge is 0.275 e. The number of fused-ring (bicyclic) bond motifs is 1. The van der Waals surface area contributed by atoms with Crippen molar-refractivity contribution in [1.82, 2.24) is 0 Å². The Morgan fingerprint density at radius 3 is 2.74 bits per heavy atom. The Bertz CT molecular complexity index is 707. The van der Waals surface area contributed by atoms with Gasteiger partial charge in [-0.1, -0.05) is 29.8 Å². The van der Waals surface area contributed by atoms with Crippen LogP contribution in [0.15, 0.2) is 47.5 Å². The second-order valence-corrected chi connectivity index (χ2v) is 4.83. The van der Waals surface area contributed by atoms with E-state index in [1.165, 1.54) is 0 Å². The van der Waals surface area contributed by atoms with Crippen LogP contribution in [0.1, 0.15) is 11.1 Å². The number of carbonyl (C=O) groups is 1. The van der Waals surface area contributed by atoms with Crippen molar-refractivity contribution < 1.29 is 4.79 Å². The van der Waals surface area contributed by atoms with Crippen LogP contribution < -0.4 is 5.32 Å². The van der Waals surface area contributed by atoms with Gasteiger partial charge in [-0.05, 0) is 36.8 Å². The molecule has 94 valence electrons. The number of halogens is 1. The Balaban J connectivity index is 2.14. The first kappa shape index (κ1) is 11.9. The summed E-state index contributed by atoms with van der Waals surface area (Å²) < 4.78 is 0. The van der Waals surface area contributed by atoms with Gasteiger partial charge in [0.1, 0.15) is 5.71 Å². The van der Waals surface area contributed by atoms with Gasteiger partial charge in [0.2, 0.25) is 0 Å². The maximum Gasteiger partial charge on any atom is 0.275 e. The molecule has 0 aliphatic carbocycles. The highest BCUT2D eigenvalue weighted by Gasteiger charge is 2.26. The lowest BCUT2D eigenvalue weighted by atomic mass is 10.1. The molecule has 0 saturated carbocycles. The van der Waals surface area contributed by atoms with E-state index in [4.69, 9.17) is 11.6 Å². The summed E-state index contributed by atoms with van der Waals surface area (Å²) in [5.74, 6) is -0.194. The van der Waals surface area contributed by atoms with Crippen molar-refractivity contribution in [2.24, 2.45) is 4.99 Å². The summed E-state index contributed by atoms with van der Waals surface area (Å²) >= 11 is 5.98. The van der Waals surface area contributed by atoms with Gasteiger partial charge in [0.05, 0.1) is 11.4 Å². The van der Waals surface area contributed by atoms with Gasteiger partial charge in [0.25, 0.3) is 5.91 Å². The molecule has 0 atom stereocenters. The Hall–Kier alpha value is -2.13. The number of para-hydroxylation sites is 1. The highest BCUT2D eigenvalue weighted by atomic mass is 35.5. The number of benzene rings is 2. The van der Waals surface area contributed by atoms with Crippen LogP contribution in [0.4, 0.5) is 11.4 Å².